The summed E-state index contributed by atoms with van der Waals surface area (Å²) < 4.78 is 57.5. The van der Waals surface area contributed by atoms with Crippen LogP contribution in [0.1, 0.15) is 52.7 Å². The van der Waals surface area contributed by atoms with Gasteiger partial charge in [0, 0.05) is 9.79 Å². The van der Waals surface area contributed by atoms with E-state index in [-0.39, 0.29) is 10.8 Å². The Morgan fingerprint density at radius 2 is 0.931 bits per heavy atom. The minimum Gasteiger partial charge on any atom is -0.279 e. The van der Waals surface area contributed by atoms with Crippen molar-refractivity contribution in [2.45, 2.75) is 67.7 Å². The molecule has 0 atom stereocenters. The lowest BCUT2D eigenvalue weighted by Crippen LogP contribution is -2.21. The molecule has 0 aliphatic carbocycles. The third-order valence-electron chi connectivity index (χ3n) is 3.97. The van der Waals surface area contributed by atoms with Crippen molar-refractivity contribution in [3.63, 3.8) is 0 Å². The molecule has 2 aromatic rings. The van der Waals surface area contributed by atoms with Crippen molar-refractivity contribution in [1.29, 1.82) is 0 Å². The van der Waals surface area contributed by atoms with Crippen molar-refractivity contribution in [2.75, 3.05) is 0 Å². The minimum absolute atomic E-state index is 0.220. The molecule has 0 spiro atoms. The lowest BCUT2D eigenvalue weighted by Gasteiger charge is -2.19. The first-order valence-corrected chi connectivity index (χ1v) is 11.1. The van der Waals surface area contributed by atoms with Gasteiger partial charge in [0.1, 0.15) is 0 Å². The first-order chi connectivity index (χ1) is 12.9. The summed E-state index contributed by atoms with van der Waals surface area (Å²) in [5.41, 5.74) is -2.33. The van der Waals surface area contributed by atoms with Gasteiger partial charge in [-0.05, 0) is 46.2 Å². The molecule has 2 aromatic carbocycles. The molecule has 0 aliphatic heterocycles. The van der Waals surface area contributed by atoms with Crippen molar-refractivity contribution in [3.8, 4) is 0 Å². The zero-order chi connectivity index (χ0) is 22.7. The average Bonchev–Trinajstić information content (AvgIpc) is 2.53. The van der Waals surface area contributed by atoms with Gasteiger partial charge in [0.15, 0.2) is 0 Å². The molecular formula is C21H27F3O3S2. The summed E-state index contributed by atoms with van der Waals surface area (Å²) in [7, 11) is -5.84. The van der Waals surface area contributed by atoms with E-state index in [1.165, 1.54) is 20.9 Å². The summed E-state index contributed by atoms with van der Waals surface area (Å²) in [4.78, 5) is 2.60. The van der Waals surface area contributed by atoms with Crippen LogP contribution in [0.2, 0.25) is 0 Å². The fourth-order valence-corrected chi connectivity index (χ4v) is 3.00. The second kappa shape index (κ2) is 9.10. The topological polar surface area (TPSA) is 54.4 Å². The van der Waals surface area contributed by atoms with E-state index in [4.69, 9.17) is 13.0 Å². The Balaban J connectivity index is 0.000000447. The Morgan fingerprint density at radius 3 is 1.10 bits per heavy atom. The largest absolute Gasteiger partial charge is 0.522 e. The van der Waals surface area contributed by atoms with Crippen LogP contribution in [0, 0.1) is 0 Å². The molecule has 2 rings (SSSR count). The maximum absolute atomic E-state index is 10.7. The Labute approximate surface area is 175 Å². The molecule has 0 fully saturated rings. The molecule has 1 N–H and O–H groups in total. The predicted octanol–water partition coefficient (Wildman–Crippen LogP) is 6.83. The van der Waals surface area contributed by atoms with E-state index >= 15 is 0 Å². The van der Waals surface area contributed by atoms with E-state index in [0.29, 0.717) is 0 Å². The molecule has 3 nitrogen and oxygen atoms in total. The molecule has 0 radical (unpaired) electrons. The van der Waals surface area contributed by atoms with Gasteiger partial charge in [0.2, 0.25) is 0 Å². The van der Waals surface area contributed by atoms with Gasteiger partial charge >= 0.3 is 15.6 Å². The maximum Gasteiger partial charge on any atom is 0.522 e. The zero-order valence-corrected chi connectivity index (χ0v) is 19.0. The standard InChI is InChI=1S/C20H26S.CHF3O3S/c1-19(2,3)15-7-11-17(12-8-15)21-18-13-9-16(10-14-18)20(4,5)6;2-1(3,4)8(5,6)7/h7-14H,1-6H3;(H,5,6,7). The van der Waals surface area contributed by atoms with Crippen LogP contribution in [-0.4, -0.2) is 18.5 Å². The van der Waals surface area contributed by atoms with Gasteiger partial charge in [-0.2, -0.15) is 21.6 Å². The summed E-state index contributed by atoms with van der Waals surface area (Å²) in [5.74, 6) is 0. The molecule has 0 aliphatic rings. The van der Waals surface area contributed by atoms with Gasteiger partial charge in [-0.25, -0.2) is 0 Å². The molecule has 0 saturated heterocycles. The number of benzene rings is 2. The van der Waals surface area contributed by atoms with Crippen LogP contribution in [0.4, 0.5) is 13.2 Å². The lowest BCUT2D eigenvalue weighted by molar-refractivity contribution is -0.0510. The quantitative estimate of drug-likeness (QED) is 0.404. The highest BCUT2D eigenvalue weighted by Gasteiger charge is 2.44. The Bertz CT molecular complexity index is 833. The Hall–Kier alpha value is -1.51. The second-order valence-electron chi connectivity index (χ2n) is 8.57. The van der Waals surface area contributed by atoms with Crippen molar-refractivity contribution in [1.82, 2.24) is 0 Å². The molecular weight excluding hydrogens is 421 g/mol. The molecule has 8 heteroatoms. The smallest absolute Gasteiger partial charge is 0.279 e. The maximum atomic E-state index is 10.7. The van der Waals surface area contributed by atoms with E-state index in [0.717, 1.165) is 0 Å². The van der Waals surface area contributed by atoms with E-state index in [9.17, 15) is 13.2 Å². The summed E-state index contributed by atoms with van der Waals surface area (Å²) in [5, 5.41) is 0. The SMILES string of the molecule is CC(C)(C)c1ccc(Sc2ccc(C(C)(C)C)cc2)cc1.O=S(=O)(O)C(F)(F)F. The molecule has 0 unspecified atom stereocenters. The number of rotatable bonds is 2. The average molecular weight is 449 g/mol. The molecule has 0 saturated carbocycles. The normalized spacial score (nSPS) is 12.9. The second-order valence-corrected chi connectivity index (χ2v) is 11.1. The summed E-state index contributed by atoms with van der Waals surface area (Å²) in [6.45, 7) is 13.5. The van der Waals surface area contributed by atoms with Gasteiger partial charge in [0.05, 0.1) is 0 Å². The third kappa shape index (κ3) is 8.40. The number of hydrogen-bond acceptors (Lipinski definition) is 3. The van der Waals surface area contributed by atoms with Gasteiger partial charge in [-0.15, -0.1) is 0 Å². The van der Waals surface area contributed by atoms with Crippen molar-refractivity contribution in [2.24, 2.45) is 0 Å². The van der Waals surface area contributed by atoms with E-state index < -0.39 is 15.6 Å². The molecule has 0 amide bonds. The highest BCUT2D eigenvalue weighted by atomic mass is 32.2. The van der Waals surface area contributed by atoms with Gasteiger partial charge < -0.3 is 0 Å². The van der Waals surface area contributed by atoms with Gasteiger partial charge in [-0.3, -0.25) is 4.55 Å². The number of hydrogen-bond donors (Lipinski definition) is 1. The first-order valence-electron chi connectivity index (χ1n) is 8.84. The molecule has 0 heterocycles. The number of alkyl halides is 3. The van der Waals surface area contributed by atoms with Crippen LogP contribution in [-0.2, 0) is 20.9 Å². The fraction of sp³-hybridized carbons (Fsp3) is 0.429. The molecule has 0 bridgehead atoms. The highest BCUT2D eigenvalue weighted by Crippen LogP contribution is 2.32. The van der Waals surface area contributed by atoms with E-state index in [2.05, 4.69) is 90.1 Å². The molecule has 162 valence electrons. The molecule has 0 aromatic heterocycles. The van der Waals surface area contributed by atoms with E-state index in [1.54, 1.807) is 0 Å². The van der Waals surface area contributed by atoms with Crippen LogP contribution in [0.5, 0.6) is 0 Å². The lowest BCUT2D eigenvalue weighted by atomic mass is 9.87. The van der Waals surface area contributed by atoms with Gasteiger partial charge in [-0.1, -0.05) is 77.6 Å². The zero-order valence-electron chi connectivity index (χ0n) is 17.3. The third-order valence-corrected chi connectivity index (χ3v) is 5.57. The van der Waals surface area contributed by atoms with Crippen LogP contribution in [0.3, 0.4) is 0 Å². The monoisotopic (exact) mass is 448 g/mol. The Kier molecular flexibility index (Phi) is 8.01. The van der Waals surface area contributed by atoms with Crippen molar-refractivity contribution in [3.05, 3.63) is 59.7 Å². The first kappa shape index (κ1) is 25.5. The minimum atomic E-state index is -5.84. The van der Waals surface area contributed by atoms with Gasteiger partial charge in [0.25, 0.3) is 0 Å². The highest BCUT2D eigenvalue weighted by molar-refractivity contribution is 7.99. The van der Waals surface area contributed by atoms with Crippen LogP contribution < -0.4 is 0 Å². The Morgan fingerprint density at radius 1 is 0.690 bits per heavy atom. The van der Waals surface area contributed by atoms with Crippen LogP contribution in [0.25, 0.3) is 0 Å². The predicted molar refractivity (Wildman–Crippen MR) is 112 cm³/mol. The summed E-state index contributed by atoms with van der Waals surface area (Å²) in [6.07, 6.45) is 0. The summed E-state index contributed by atoms with van der Waals surface area (Å²) >= 11 is 1.83. The number of halogens is 3. The van der Waals surface area contributed by atoms with E-state index in [1.807, 2.05) is 11.8 Å². The summed E-state index contributed by atoms with van der Waals surface area (Å²) in [6, 6.07) is 17.9. The van der Waals surface area contributed by atoms with Crippen molar-refractivity contribution < 1.29 is 26.1 Å². The molecule has 29 heavy (non-hydrogen) atoms. The van der Waals surface area contributed by atoms with Crippen molar-refractivity contribution >= 4 is 21.9 Å². The van der Waals surface area contributed by atoms with Crippen LogP contribution >= 0.6 is 11.8 Å². The fourth-order valence-electron chi connectivity index (χ4n) is 2.18. The van der Waals surface area contributed by atoms with Crippen LogP contribution in [0.15, 0.2) is 58.3 Å².